The smallest absolute Gasteiger partial charge is 0.241 e. The first-order chi connectivity index (χ1) is 12.9. The summed E-state index contributed by atoms with van der Waals surface area (Å²) in [6.45, 7) is 5.94. The molecule has 1 amide bonds. The van der Waals surface area contributed by atoms with E-state index in [1.165, 1.54) is 0 Å². The predicted octanol–water partition coefficient (Wildman–Crippen LogP) is 2.01. The average molecular weight is 388 g/mol. The normalized spacial score (nSPS) is 16.2. The molecule has 3 rings (SSSR count). The van der Waals surface area contributed by atoms with E-state index in [0.717, 1.165) is 18.8 Å². The number of piperazine rings is 1. The van der Waals surface area contributed by atoms with Gasteiger partial charge >= 0.3 is 0 Å². The largest absolute Gasteiger partial charge is 0.368 e. The van der Waals surface area contributed by atoms with E-state index in [9.17, 15) is 13.2 Å². The van der Waals surface area contributed by atoms with E-state index in [-0.39, 0.29) is 10.8 Å². The van der Waals surface area contributed by atoms with Crippen molar-refractivity contribution in [2.45, 2.75) is 24.8 Å². The van der Waals surface area contributed by atoms with Crippen molar-refractivity contribution in [1.82, 2.24) is 9.62 Å². The number of para-hydroxylation sites is 1. The number of hydrogen-bond donors (Lipinski definition) is 1. The second kappa shape index (κ2) is 8.10. The fraction of sp³-hybridized carbons (Fsp3) is 0.350. The number of amides is 1. The molecule has 1 fully saturated rings. The fourth-order valence-electron chi connectivity index (χ4n) is 3.30. The SMILES string of the molecule is Cc1ccccc1S(=O)(=O)N[C@@H](C)C(=O)N1CCN(c2ccccc2)CC1. The van der Waals surface area contributed by atoms with Crippen molar-refractivity contribution < 1.29 is 13.2 Å². The van der Waals surface area contributed by atoms with Gasteiger partial charge in [0.15, 0.2) is 0 Å². The van der Waals surface area contributed by atoms with Gasteiger partial charge in [-0.1, -0.05) is 36.4 Å². The van der Waals surface area contributed by atoms with Crippen LogP contribution in [0.25, 0.3) is 0 Å². The minimum absolute atomic E-state index is 0.195. The third kappa shape index (κ3) is 4.48. The number of aryl methyl sites for hydroxylation is 1. The van der Waals surface area contributed by atoms with Crippen molar-refractivity contribution in [2.75, 3.05) is 31.1 Å². The first kappa shape index (κ1) is 19.4. The summed E-state index contributed by atoms with van der Waals surface area (Å²) < 4.78 is 27.7. The molecule has 0 radical (unpaired) electrons. The van der Waals surface area contributed by atoms with Gasteiger partial charge in [-0.05, 0) is 37.6 Å². The Morgan fingerprint density at radius 3 is 2.19 bits per heavy atom. The molecule has 2 aromatic carbocycles. The Morgan fingerprint density at radius 1 is 0.963 bits per heavy atom. The van der Waals surface area contributed by atoms with Crippen molar-refractivity contribution in [3.63, 3.8) is 0 Å². The number of anilines is 1. The monoisotopic (exact) mass is 387 g/mol. The van der Waals surface area contributed by atoms with E-state index in [1.807, 2.05) is 18.2 Å². The molecule has 0 unspecified atom stereocenters. The van der Waals surface area contributed by atoms with E-state index in [2.05, 4.69) is 21.8 Å². The number of carbonyl (C=O) groups excluding carboxylic acids is 1. The van der Waals surface area contributed by atoms with Gasteiger partial charge in [0, 0.05) is 31.9 Å². The highest BCUT2D eigenvalue weighted by atomic mass is 32.2. The molecule has 1 saturated heterocycles. The summed E-state index contributed by atoms with van der Waals surface area (Å²) in [5.74, 6) is -0.195. The second-order valence-corrected chi connectivity index (χ2v) is 8.44. The van der Waals surface area contributed by atoms with Gasteiger partial charge in [0.05, 0.1) is 10.9 Å². The maximum Gasteiger partial charge on any atom is 0.241 e. The first-order valence-corrected chi connectivity index (χ1v) is 10.5. The summed E-state index contributed by atoms with van der Waals surface area (Å²) in [7, 11) is -3.74. The summed E-state index contributed by atoms with van der Waals surface area (Å²) in [6.07, 6.45) is 0. The zero-order valence-electron chi connectivity index (χ0n) is 15.6. The lowest BCUT2D eigenvalue weighted by Crippen LogP contribution is -2.54. The fourth-order valence-corrected chi connectivity index (χ4v) is 4.75. The van der Waals surface area contributed by atoms with Crippen molar-refractivity contribution in [2.24, 2.45) is 0 Å². The summed E-state index contributed by atoms with van der Waals surface area (Å²) in [6, 6.07) is 16.0. The molecule has 1 atom stereocenters. The van der Waals surface area contributed by atoms with Crippen LogP contribution in [-0.2, 0) is 14.8 Å². The number of nitrogens with one attached hydrogen (secondary N) is 1. The number of benzene rings is 2. The first-order valence-electron chi connectivity index (χ1n) is 9.05. The Morgan fingerprint density at radius 2 is 1.56 bits per heavy atom. The summed E-state index contributed by atoms with van der Waals surface area (Å²) in [4.78, 5) is 16.9. The molecule has 1 heterocycles. The molecular weight excluding hydrogens is 362 g/mol. The van der Waals surface area contributed by atoms with E-state index in [1.54, 1.807) is 43.0 Å². The molecule has 0 saturated carbocycles. The zero-order chi connectivity index (χ0) is 19.4. The minimum Gasteiger partial charge on any atom is -0.368 e. The van der Waals surface area contributed by atoms with E-state index < -0.39 is 16.1 Å². The maximum absolute atomic E-state index is 12.7. The standard InChI is InChI=1S/C20H25N3O3S/c1-16-8-6-7-11-19(16)27(25,26)21-17(2)20(24)23-14-12-22(13-15-23)18-9-4-3-5-10-18/h3-11,17,21H,12-15H2,1-2H3/t17-/m0/s1. The molecule has 0 aromatic heterocycles. The summed E-state index contributed by atoms with van der Waals surface area (Å²) in [5, 5.41) is 0. The Bertz CT molecular complexity index is 892. The molecule has 6 nitrogen and oxygen atoms in total. The van der Waals surface area contributed by atoms with Crippen molar-refractivity contribution in [3.05, 3.63) is 60.2 Å². The van der Waals surface area contributed by atoms with Crippen LogP contribution < -0.4 is 9.62 Å². The van der Waals surface area contributed by atoms with Crippen molar-refractivity contribution >= 4 is 21.6 Å². The van der Waals surface area contributed by atoms with Crippen LogP contribution in [0.3, 0.4) is 0 Å². The molecular formula is C20H25N3O3S. The molecule has 27 heavy (non-hydrogen) atoms. The van der Waals surface area contributed by atoms with Gasteiger partial charge in [-0.25, -0.2) is 8.42 Å². The lowest BCUT2D eigenvalue weighted by Gasteiger charge is -2.37. The summed E-state index contributed by atoms with van der Waals surface area (Å²) in [5.41, 5.74) is 1.79. The molecule has 144 valence electrons. The van der Waals surface area contributed by atoms with Crippen LogP contribution in [0, 0.1) is 6.92 Å². The highest BCUT2D eigenvalue weighted by molar-refractivity contribution is 7.89. The van der Waals surface area contributed by atoms with Gasteiger partial charge in [-0.2, -0.15) is 4.72 Å². The Hall–Kier alpha value is -2.38. The zero-order valence-corrected chi connectivity index (χ0v) is 16.4. The van der Waals surface area contributed by atoms with Crippen LogP contribution in [0.1, 0.15) is 12.5 Å². The number of hydrogen-bond acceptors (Lipinski definition) is 4. The maximum atomic E-state index is 12.7. The van der Waals surface area contributed by atoms with E-state index in [0.29, 0.717) is 18.7 Å². The molecule has 0 bridgehead atoms. The number of sulfonamides is 1. The Labute approximate surface area is 160 Å². The van der Waals surface area contributed by atoms with E-state index >= 15 is 0 Å². The molecule has 0 aliphatic carbocycles. The topological polar surface area (TPSA) is 69.7 Å². The van der Waals surface area contributed by atoms with Crippen LogP contribution in [0.2, 0.25) is 0 Å². The minimum atomic E-state index is -3.74. The van der Waals surface area contributed by atoms with Gasteiger partial charge < -0.3 is 9.80 Å². The second-order valence-electron chi connectivity index (χ2n) is 6.76. The lowest BCUT2D eigenvalue weighted by molar-refractivity contribution is -0.132. The Kier molecular flexibility index (Phi) is 5.82. The Balaban J connectivity index is 1.61. The molecule has 1 aliphatic heterocycles. The number of carbonyl (C=O) groups is 1. The average Bonchev–Trinajstić information content (AvgIpc) is 2.68. The molecule has 7 heteroatoms. The quantitative estimate of drug-likeness (QED) is 0.852. The van der Waals surface area contributed by atoms with Gasteiger partial charge in [0.2, 0.25) is 15.9 Å². The molecule has 1 aliphatic rings. The lowest BCUT2D eigenvalue weighted by atomic mass is 10.2. The van der Waals surface area contributed by atoms with Gasteiger partial charge in [0.1, 0.15) is 0 Å². The third-order valence-corrected chi connectivity index (χ3v) is 6.50. The predicted molar refractivity (Wildman–Crippen MR) is 106 cm³/mol. The van der Waals surface area contributed by atoms with Crippen LogP contribution in [-0.4, -0.2) is 51.4 Å². The van der Waals surface area contributed by atoms with Crippen LogP contribution >= 0.6 is 0 Å². The molecule has 0 spiro atoms. The highest BCUT2D eigenvalue weighted by Gasteiger charge is 2.28. The van der Waals surface area contributed by atoms with Crippen molar-refractivity contribution in [1.29, 1.82) is 0 Å². The van der Waals surface area contributed by atoms with Gasteiger partial charge in [0.25, 0.3) is 0 Å². The highest BCUT2D eigenvalue weighted by Crippen LogP contribution is 2.17. The van der Waals surface area contributed by atoms with Gasteiger partial charge in [-0.15, -0.1) is 0 Å². The number of nitrogens with zero attached hydrogens (tertiary/aromatic N) is 2. The van der Waals surface area contributed by atoms with Gasteiger partial charge in [-0.3, -0.25) is 4.79 Å². The van der Waals surface area contributed by atoms with Crippen LogP contribution in [0.4, 0.5) is 5.69 Å². The summed E-state index contributed by atoms with van der Waals surface area (Å²) >= 11 is 0. The molecule has 1 N–H and O–H groups in total. The van der Waals surface area contributed by atoms with Crippen LogP contribution in [0.5, 0.6) is 0 Å². The third-order valence-electron chi connectivity index (χ3n) is 4.80. The molecule has 2 aromatic rings. The van der Waals surface area contributed by atoms with E-state index in [4.69, 9.17) is 0 Å². The van der Waals surface area contributed by atoms with Crippen LogP contribution in [0.15, 0.2) is 59.5 Å². The van der Waals surface area contributed by atoms with Crippen molar-refractivity contribution in [3.8, 4) is 0 Å². The number of rotatable bonds is 5.